The highest BCUT2D eigenvalue weighted by molar-refractivity contribution is 6.30. The summed E-state index contributed by atoms with van der Waals surface area (Å²) in [6, 6.07) is 14.1. The van der Waals surface area contributed by atoms with Crippen LogP contribution in [0.5, 0.6) is 23.0 Å². The lowest BCUT2D eigenvalue weighted by Gasteiger charge is -2.21. The van der Waals surface area contributed by atoms with Crippen LogP contribution in [0.25, 0.3) is 22.1 Å². The Morgan fingerprint density at radius 2 is 1.83 bits per heavy atom. The lowest BCUT2D eigenvalue weighted by Crippen LogP contribution is -2.14. The summed E-state index contributed by atoms with van der Waals surface area (Å²) in [4.78, 5) is 13.4. The van der Waals surface area contributed by atoms with Gasteiger partial charge in [0.1, 0.15) is 29.4 Å². The number of hydrogen-bond donors (Lipinski definition) is 0. The van der Waals surface area contributed by atoms with Gasteiger partial charge in [0.2, 0.25) is 5.43 Å². The number of ether oxygens (including phenoxy) is 5. The average molecular weight is 495 g/mol. The Morgan fingerprint density at radius 3 is 2.63 bits per heavy atom. The number of benzene rings is 3. The first-order chi connectivity index (χ1) is 17.0. The van der Waals surface area contributed by atoms with Crippen LogP contribution in [-0.2, 0) is 18.0 Å². The molecule has 0 radical (unpaired) electrons. The Labute approximate surface area is 206 Å². The second kappa shape index (κ2) is 9.52. The second-order valence-corrected chi connectivity index (χ2v) is 8.48. The number of hydrogen-bond acceptors (Lipinski definition) is 7. The van der Waals surface area contributed by atoms with Gasteiger partial charge in [-0.3, -0.25) is 4.79 Å². The van der Waals surface area contributed by atoms with Crippen molar-refractivity contribution < 1.29 is 28.1 Å². The Balaban J connectivity index is 1.46. The van der Waals surface area contributed by atoms with E-state index in [4.69, 9.17) is 39.7 Å². The molecule has 1 aliphatic rings. The first-order valence-electron chi connectivity index (χ1n) is 10.9. The van der Waals surface area contributed by atoms with Crippen molar-refractivity contribution in [1.82, 2.24) is 0 Å². The fourth-order valence-corrected chi connectivity index (χ4v) is 4.49. The van der Waals surface area contributed by atoms with Crippen LogP contribution < -0.4 is 24.4 Å². The molecule has 5 rings (SSSR count). The minimum absolute atomic E-state index is 0.139. The van der Waals surface area contributed by atoms with Crippen molar-refractivity contribution in [2.75, 3.05) is 21.0 Å². The van der Waals surface area contributed by atoms with E-state index in [2.05, 4.69) is 0 Å². The van der Waals surface area contributed by atoms with E-state index in [1.807, 2.05) is 18.2 Å². The van der Waals surface area contributed by atoms with Gasteiger partial charge in [0.25, 0.3) is 0 Å². The molecule has 0 aliphatic carbocycles. The molecule has 0 saturated heterocycles. The average Bonchev–Trinajstić information content (AvgIpc) is 2.86. The molecule has 8 heteroatoms. The van der Waals surface area contributed by atoms with E-state index in [-0.39, 0.29) is 18.8 Å². The Bertz CT molecular complexity index is 1480. The molecule has 0 N–H and O–H groups in total. The van der Waals surface area contributed by atoms with Gasteiger partial charge in [-0.1, -0.05) is 17.7 Å². The van der Waals surface area contributed by atoms with Crippen molar-refractivity contribution in [2.24, 2.45) is 0 Å². The van der Waals surface area contributed by atoms with Gasteiger partial charge in [0.05, 0.1) is 31.8 Å². The molecule has 7 nitrogen and oxygen atoms in total. The molecule has 0 amide bonds. The first kappa shape index (κ1) is 23.1. The predicted molar refractivity (Wildman–Crippen MR) is 132 cm³/mol. The van der Waals surface area contributed by atoms with Gasteiger partial charge in [-0.25, -0.2) is 0 Å². The zero-order chi connectivity index (χ0) is 24.5. The monoisotopic (exact) mass is 494 g/mol. The SMILES string of the molecule is COc1ccc(-c2c(C)oc3cc(OCc4cc(Cl)cc5c4OCOC5)ccc3c2=O)cc1OC. The van der Waals surface area contributed by atoms with E-state index in [9.17, 15) is 4.79 Å². The molecule has 0 fully saturated rings. The molecule has 4 aromatic rings. The molecule has 0 saturated carbocycles. The maximum Gasteiger partial charge on any atom is 0.200 e. The van der Waals surface area contributed by atoms with Gasteiger partial charge in [-0.15, -0.1) is 0 Å². The topological polar surface area (TPSA) is 76.4 Å². The Hall–Kier alpha value is -3.68. The van der Waals surface area contributed by atoms with Crippen molar-refractivity contribution in [1.29, 1.82) is 0 Å². The summed E-state index contributed by atoms with van der Waals surface area (Å²) >= 11 is 6.25. The molecule has 3 aromatic carbocycles. The van der Waals surface area contributed by atoms with Crippen LogP contribution in [0.1, 0.15) is 16.9 Å². The minimum atomic E-state index is -0.139. The molecule has 1 aliphatic heterocycles. The van der Waals surface area contributed by atoms with Crippen LogP contribution in [0.4, 0.5) is 0 Å². The van der Waals surface area contributed by atoms with Gasteiger partial charge < -0.3 is 28.1 Å². The first-order valence-corrected chi connectivity index (χ1v) is 11.3. The summed E-state index contributed by atoms with van der Waals surface area (Å²) in [7, 11) is 3.12. The summed E-state index contributed by atoms with van der Waals surface area (Å²) in [5, 5.41) is 1.03. The van der Waals surface area contributed by atoms with Crippen LogP contribution >= 0.6 is 11.6 Å². The number of rotatable bonds is 6. The van der Waals surface area contributed by atoms with Gasteiger partial charge in [-0.05, 0) is 48.9 Å². The third kappa shape index (κ3) is 4.40. The van der Waals surface area contributed by atoms with E-state index in [1.54, 1.807) is 51.5 Å². The van der Waals surface area contributed by atoms with Crippen molar-refractivity contribution >= 4 is 22.6 Å². The highest BCUT2D eigenvalue weighted by Crippen LogP contribution is 2.35. The van der Waals surface area contributed by atoms with E-state index in [1.165, 1.54) is 0 Å². The maximum absolute atomic E-state index is 13.4. The zero-order valence-corrected chi connectivity index (χ0v) is 20.2. The van der Waals surface area contributed by atoms with Crippen LogP contribution in [0.3, 0.4) is 0 Å². The molecule has 35 heavy (non-hydrogen) atoms. The molecule has 1 aromatic heterocycles. The Morgan fingerprint density at radius 1 is 1.00 bits per heavy atom. The molecular weight excluding hydrogens is 472 g/mol. The van der Waals surface area contributed by atoms with E-state index < -0.39 is 0 Å². The highest BCUT2D eigenvalue weighted by Gasteiger charge is 2.18. The van der Waals surface area contributed by atoms with Gasteiger partial charge in [0.15, 0.2) is 18.3 Å². The van der Waals surface area contributed by atoms with Crippen molar-refractivity contribution in [3.05, 3.63) is 80.7 Å². The fraction of sp³-hybridized carbons (Fsp3) is 0.222. The van der Waals surface area contributed by atoms with E-state index >= 15 is 0 Å². The summed E-state index contributed by atoms with van der Waals surface area (Å²) in [6.07, 6.45) is 0. The molecule has 0 atom stereocenters. The van der Waals surface area contributed by atoms with Gasteiger partial charge in [0, 0.05) is 22.2 Å². The van der Waals surface area contributed by atoms with E-state index in [0.717, 1.165) is 16.9 Å². The summed E-state index contributed by atoms with van der Waals surface area (Å²) in [5.74, 6) is 2.89. The van der Waals surface area contributed by atoms with Gasteiger partial charge >= 0.3 is 0 Å². The fourth-order valence-electron chi connectivity index (χ4n) is 4.23. The highest BCUT2D eigenvalue weighted by atomic mass is 35.5. The smallest absolute Gasteiger partial charge is 0.200 e. The second-order valence-electron chi connectivity index (χ2n) is 8.04. The van der Waals surface area contributed by atoms with Crippen molar-refractivity contribution in [3.8, 4) is 34.1 Å². The lowest BCUT2D eigenvalue weighted by molar-refractivity contribution is -0.0175. The molecule has 0 unspecified atom stereocenters. The normalized spacial score (nSPS) is 12.7. The largest absolute Gasteiger partial charge is 0.493 e. The minimum Gasteiger partial charge on any atom is -0.493 e. The molecule has 2 heterocycles. The van der Waals surface area contributed by atoms with E-state index in [0.29, 0.717) is 56.7 Å². The quantitative estimate of drug-likeness (QED) is 0.331. The molecule has 0 spiro atoms. The van der Waals surface area contributed by atoms with Crippen molar-refractivity contribution in [2.45, 2.75) is 20.1 Å². The molecule has 180 valence electrons. The molecule has 0 bridgehead atoms. The Kier molecular flexibility index (Phi) is 6.28. The third-order valence-electron chi connectivity index (χ3n) is 5.86. The summed E-state index contributed by atoms with van der Waals surface area (Å²) < 4.78 is 33.7. The number of methoxy groups -OCH3 is 2. The number of fused-ring (bicyclic) bond motifs is 2. The van der Waals surface area contributed by atoms with Crippen molar-refractivity contribution in [3.63, 3.8) is 0 Å². The standard InChI is InChI=1S/C27H23ClO7/c1-15-25(16-4-7-22(30-2)24(10-16)31-3)26(29)21-6-5-20(11-23(21)35-15)33-13-18-9-19(28)8-17-12-32-14-34-27(17)18/h4-11H,12-14H2,1-3H3. The maximum atomic E-state index is 13.4. The lowest BCUT2D eigenvalue weighted by atomic mass is 10.0. The number of aryl methyl sites for hydroxylation is 1. The summed E-state index contributed by atoms with van der Waals surface area (Å²) in [5.41, 5.74) is 3.15. The summed E-state index contributed by atoms with van der Waals surface area (Å²) in [6.45, 7) is 2.62. The third-order valence-corrected chi connectivity index (χ3v) is 6.08. The van der Waals surface area contributed by atoms with Crippen LogP contribution in [-0.4, -0.2) is 21.0 Å². The van der Waals surface area contributed by atoms with Crippen LogP contribution in [0, 0.1) is 6.92 Å². The van der Waals surface area contributed by atoms with Crippen LogP contribution in [0.15, 0.2) is 57.7 Å². The molecular formula is C27H23ClO7. The van der Waals surface area contributed by atoms with Crippen LogP contribution in [0.2, 0.25) is 5.02 Å². The zero-order valence-electron chi connectivity index (χ0n) is 19.5. The number of halogens is 1. The van der Waals surface area contributed by atoms with Gasteiger partial charge in [-0.2, -0.15) is 0 Å². The predicted octanol–water partition coefficient (Wildman–Crippen LogP) is 5.88.